The highest BCUT2D eigenvalue weighted by Gasteiger charge is 2.47. The molecule has 2 aliphatic rings. The van der Waals surface area contributed by atoms with Crippen molar-refractivity contribution in [1.29, 1.82) is 0 Å². The van der Waals surface area contributed by atoms with Crippen molar-refractivity contribution in [3.05, 3.63) is 70.8 Å². The van der Waals surface area contributed by atoms with E-state index < -0.39 is 0 Å². The first-order valence-corrected chi connectivity index (χ1v) is 9.45. The van der Waals surface area contributed by atoms with Gasteiger partial charge in [-0.15, -0.1) is 0 Å². The van der Waals surface area contributed by atoms with E-state index in [2.05, 4.69) is 62.4 Å². The summed E-state index contributed by atoms with van der Waals surface area (Å²) in [5.41, 5.74) is 6.95. The van der Waals surface area contributed by atoms with E-state index in [1.165, 1.54) is 38.5 Å². The minimum atomic E-state index is 0.430. The zero-order chi connectivity index (χ0) is 15.9. The molecule has 2 atom stereocenters. The average Bonchev–Trinajstić information content (AvgIpc) is 3.23. The molecule has 120 valence electrons. The summed E-state index contributed by atoms with van der Waals surface area (Å²) in [4.78, 5) is 0. The molecule has 0 spiro atoms. The van der Waals surface area contributed by atoms with E-state index >= 15 is 0 Å². The Morgan fingerprint density at radius 2 is 1.17 bits per heavy atom. The number of rotatable bonds is 4. The summed E-state index contributed by atoms with van der Waals surface area (Å²) in [6.07, 6.45) is 7.83. The van der Waals surface area contributed by atoms with Gasteiger partial charge in [0.15, 0.2) is 0 Å². The molecule has 2 unspecified atom stereocenters. The van der Waals surface area contributed by atoms with E-state index in [0.717, 1.165) is 11.8 Å². The number of aryl methyl sites for hydroxylation is 2. The Labute approximate surface area is 140 Å². The van der Waals surface area contributed by atoms with Gasteiger partial charge in [-0.2, -0.15) is 0 Å². The molecule has 0 heteroatoms. The van der Waals surface area contributed by atoms with Gasteiger partial charge < -0.3 is 0 Å². The third-order valence-electron chi connectivity index (χ3n) is 6.97. The van der Waals surface area contributed by atoms with Crippen LogP contribution in [0.2, 0.25) is 0 Å². The predicted octanol–water partition coefficient (Wildman–Crippen LogP) is 6.25. The van der Waals surface area contributed by atoms with E-state index in [1.54, 1.807) is 22.3 Å². The van der Waals surface area contributed by atoms with E-state index in [0.29, 0.717) is 5.41 Å². The Balaban J connectivity index is 1.80. The van der Waals surface area contributed by atoms with Crippen LogP contribution in [0.3, 0.4) is 0 Å². The minimum Gasteiger partial charge on any atom is -0.0648 e. The number of fused-ring (bicyclic) bond motifs is 2. The fourth-order valence-electron chi connectivity index (χ4n) is 5.79. The zero-order valence-corrected chi connectivity index (χ0v) is 14.5. The van der Waals surface area contributed by atoms with Crippen LogP contribution in [0.15, 0.2) is 48.5 Å². The normalized spacial score (nSPS) is 22.9. The molecule has 0 aliphatic heterocycles. The van der Waals surface area contributed by atoms with Crippen molar-refractivity contribution in [1.82, 2.24) is 0 Å². The fourth-order valence-corrected chi connectivity index (χ4v) is 5.79. The van der Waals surface area contributed by atoms with Gasteiger partial charge in [0.1, 0.15) is 0 Å². The van der Waals surface area contributed by atoms with Crippen molar-refractivity contribution in [2.75, 3.05) is 0 Å². The Morgan fingerprint density at radius 1 is 0.739 bits per heavy atom. The van der Waals surface area contributed by atoms with Crippen LogP contribution in [0, 0.1) is 5.41 Å². The van der Waals surface area contributed by atoms with Crippen LogP contribution < -0.4 is 0 Å². The van der Waals surface area contributed by atoms with Crippen LogP contribution in [0.5, 0.6) is 0 Å². The summed E-state index contributed by atoms with van der Waals surface area (Å²) in [6.45, 7) is 4.87. The summed E-state index contributed by atoms with van der Waals surface area (Å²) < 4.78 is 0. The molecule has 0 fully saturated rings. The van der Waals surface area contributed by atoms with Crippen molar-refractivity contribution in [3.63, 3.8) is 0 Å². The third-order valence-corrected chi connectivity index (χ3v) is 6.97. The number of hydrogen-bond acceptors (Lipinski definition) is 0. The van der Waals surface area contributed by atoms with Crippen LogP contribution in [0.1, 0.15) is 73.6 Å². The molecule has 0 amide bonds. The lowest BCUT2D eigenvalue weighted by atomic mass is 9.60. The summed E-state index contributed by atoms with van der Waals surface area (Å²) >= 11 is 0. The maximum absolute atomic E-state index is 2.44. The van der Waals surface area contributed by atoms with Gasteiger partial charge in [-0.3, -0.25) is 0 Å². The summed E-state index contributed by atoms with van der Waals surface area (Å²) in [6, 6.07) is 18.5. The second kappa shape index (κ2) is 5.82. The van der Waals surface area contributed by atoms with Gasteiger partial charge in [0, 0.05) is 0 Å². The Hall–Kier alpha value is -1.56. The van der Waals surface area contributed by atoms with E-state index in [4.69, 9.17) is 0 Å². The fraction of sp³-hybridized carbons (Fsp3) is 0.478. The lowest BCUT2D eigenvalue weighted by molar-refractivity contribution is 0.148. The van der Waals surface area contributed by atoms with Gasteiger partial charge in [-0.25, -0.2) is 0 Å². The SMILES string of the molecule is CCC(CC)(C1CCc2ccccc21)C1CCc2ccccc21. The monoisotopic (exact) mass is 304 g/mol. The second-order valence-corrected chi connectivity index (χ2v) is 7.52. The Morgan fingerprint density at radius 3 is 1.61 bits per heavy atom. The van der Waals surface area contributed by atoms with Crippen molar-refractivity contribution < 1.29 is 0 Å². The molecule has 2 aliphatic carbocycles. The number of benzene rings is 2. The molecule has 0 nitrogen and oxygen atoms in total. The molecule has 0 radical (unpaired) electrons. The molecule has 0 aromatic heterocycles. The lowest BCUT2D eigenvalue weighted by Crippen LogP contribution is -2.33. The lowest BCUT2D eigenvalue weighted by Gasteiger charge is -2.44. The van der Waals surface area contributed by atoms with Crippen LogP contribution in [0.4, 0.5) is 0 Å². The highest BCUT2D eigenvalue weighted by molar-refractivity contribution is 5.41. The smallest absolute Gasteiger partial charge is 0.00938 e. The molecule has 2 aromatic carbocycles. The average molecular weight is 304 g/mol. The minimum absolute atomic E-state index is 0.430. The van der Waals surface area contributed by atoms with Crippen LogP contribution in [0.25, 0.3) is 0 Å². The van der Waals surface area contributed by atoms with Gasteiger partial charge in [-0.1, -0.05) is 62.4 Å². The van der Waals surface area contributed by atoms with Crippen molar-refractivity contribution in [2.24, 2.45) is 5.41 Å². The summed E-state index contributed by atoms with van der Waals surface area (Å²) in [7, 11) is 0. The van der Waals surface area contributed by atoms with Crippen molar-refractivity contribution in [2.45, 2.75) is 64.2 Å². The quantitative estimate of drug-likeness (QED) is 0.626. The molecule has 2 aromatic rings. The highest BCUT2D eigenvalue weighted by atomic mass is 14.5. The molecule has 23 heavy (non-hydrogen) atoms. The molecule has 4 rings (SSSR count). The molecule has 0 bridgehead atoms. The first-order valence-electron chi connectivity index (χ1n) is 9.45. The first kappa shape index (κ1) is 15.0. The Kier molecular flexibility index (Phi) is 3.79. The topological polar surface area (TPSA) is 0 Å². The van der Waals surface area contributed by atoms with Gasteiger partial charge in [0.05, 0.1) is 0 Å². The van der Waals surface area contributed by atoms with Crippen molar-refractivity contribution in [3.8, 4) is 0 Å². The predicted molar refractivity (Wildman–Crippen MR) is 98.0 cm³/mol. The molecule has 0 saturated heterocycles. The van der Waals surface area contributed by atoms with Crippen molar-refractivity contribution >= 4 is 0 Å². The van der Waals surface area contributed by atoms with E-state index in [-0.39, 0.29) is 0 Å². The first-order chi connectivity index (χ1) is 11.3. The largest absolute Gasteiger partial charge is 0.0648 e. The Bertz CT molecular complexity index is 635. The second-order valence-electron chi connectivity index (χ2n) is 7.52. The highest BCUT2D eigenvalue weighted by Crippen LogP contribution is 2.59. The standard InChI is InChI=1S/C23H28/c1-3-23(4-2,21-15-13-17-9-5-7-11-19(17)21)22-16-14-18-10-6-8-12-20(18)22/h5-12,21-22H,3-4,13-16H2,1-2H3. The van der Waals surface area contributed by atoms with Gasteiger partial charge >= 0.3 is 0 Å². The van der Waals surface area contributed by atoms with Gasteiger partial charge in [-0.05, 0) is 78.0 Å². The van der Waals surface area contributed by atoms with Gasteiger partial charge in [0.25, 0.3) is 0 Å². The number of hydrogen-bond donors (Lipinski definition) is 0. The van der Waals surface area contributed by atoms with Crippen LogP contribution in [-0.2, 0) is 12.8 Å². The molecular formula is C23H28. The van der Waals surface area contributed by atoms with E-state index in [1.807, 2.05) is 0 Å². The maximum Gasteiger partial charge on any atom is -0.00938 e. The van der Waals surface area contributed by atoms with Crippen LogP contribution in [-0.4, -0.2) is 0 Å². The maximum atomic E-state index is 2.44. The van der Waals surface area contributed by atoms with Crippen LogP contribution >= 0.6 is 0 Å². The van der Waals surface area contributed by atoms with Gasteiger partial charge in [0.2, 0.25) is 0 Å². The zero-order valence-electron chi connectivity index (χ0n) is 14.5. The van der Waals surface area contributed by atoms with E-state index in [9.17, 15) is 0 Å². The summed E-state index contributed by atoms with van der Waals surface area (Å²) in [5, 5.41) is 0. The molecule has 0 saturated carbocycles. The third kappa shape index (κ3) is 2.18. The molecular weight excluding hydrogens is 276 g/mol. The summed E-state index contributed by atoms with van der Waals surface area (Å²) in [5.74, 6) is 1.48. The molecule has 0 heterocycles. The molecule has 0 N–H and O–H groups in total.